The first kappa shape index (κ1) is 28.6. The maximum Gasteiger partial charge on any atom is 0.350 e. The van der Waals surface area contributed by atoms with Crippen LogP contribution in [0.25, 0.3) is 5.76 Å². The highest BCUT2D eigenvalue weighted by molar-refractivity contribution is 7.17. The highest BCUT2D eigenvalue weighted by Crippen LogP contribution is 2.45. The number of aryl methyl sites for hydroxylation is 2. The van der Waals surface area contributed by atoms with Crippen LogP contribution in [0.2, 0.25) is 0 Å². The molecule has 1 N–H and O–H groups in total. The molecule has 2 aromatic carbocycles. The Kier molecular flexibility index (Phi) is 8.69. The molecule has 1 aliphatic rings. The van der Waals surface area contributed by atoms with E-state index in [0.29, 0.717) is 34.9 Å². The van der Waals surface area contributed by atoms with Crippen LogP contribution in [0.5, 0.6) is 11.5 Å². The maximum atomic E-state index is 13.5. The van der Waals surface area contributed by atoms with Crippen LogP contribution in [0.3, 0.4) is 0 Å². The largest absolute Gasteiger partial charge is 0.507 e. The van der Waals surface area contributed by atoms with Gasteiger partial charge in [-0.1, -0.05) is 59.9 Å². The quantitative estimate of drug-likeness (QED) is 0.113. The summed E-state index contributed by atoms with van der Waals surface area (Å²) in [6, 6.07) is 10.9. The summed E-state index contributed by atoms with van der Waals surface area (Å²) in [5, 5.41) is 11.5. The average molecular weight is 563 g/mol. The van der Waals surface area contributed by atoms with Gasteiger partial charge in [-0.2, -0.15) is 0 Å². The van der Waals surface area contributed by atoms with E-state index in [4.69, 9.17) is 14.2 Å². The first-order valence-electron chi connectivity index (χ1n) is 12.7. The van der Waals surface area contributed by atoms with Crippen molar-refractivity contribution in [2.45, 2.75) is 33.7 Å². The molecule has 1 fully saturated rings. The van der Waals surface area contributed by atoms with Crippen LogP contribution in [0.15, 0.2) is 60.7 Å². The number of hydrogen-bond acceptors (Lipinski definition) is 9. The maximum absolute atomic E-state index is 13.5. The Morgan fingerprint density at radius 2 is 1.80 bits per heavy atom. The molecule has 1 aliphatic heterocycles. The number of Topliss-reactive ketones (excluding diaryl/α,β-unsaturated/α-hetero) is 1. The van der Waals surface area contributed by atoms with Crippen LogP contribution in [-0.4, -0.2) is 47.6 Å². The van der Waals surface area contributed by atoms with Crippen molar-refractivity contribution in [3.8, 4) is 11.5 Å². The van der Waals surface area contributed by atoms with Gasteiger partial charge < -0.3 is 19.3 Å². The SMILES string of the molecule is C=CCOc1ccc(C2/C(=C(\O)c3ccc(C)cc3)C(=O)C(=O)N2c2nc(C)c(C(=O)OCC)s2)cc1OCC. The topological polar surface area (TPSA) is 115 Å². The normalized spacial score (nSPS) is 16.2. The summed E-state index contributed by atoms with van der Waals surface area (Å²) in [5.41, 5.74) is 2.08. The highest BCUT2D eigenvalue weighted by Gasteiger charge is 2.48. The lowest BCUT2D eigenvalue weighted by Gasteiger charge is -2.24. The summed E-state index contributed by atoms with van der Waals surface area (Å²) in [7, 11) is 0. The molecule has 3 aromatic rings. The number of nitrogens with zero attached hydrogens (tertiary/aromatic N) is 2. The van der Waals surface area contributed by atoms with Gasteiger partial charge in [0.25, 0.3) is 5.78 Å². The smallest absolute Gasteiger partial charge is 0.350 e. The first-order valence-corrected chi connectivity index (χ1v) is 13.6. The zero-order chi connectivity index (χ0) is 29.0. The molecule has 0 spiro atoms. The fraction of sp³-hybridized carbons (Fsp3) is 0.267. The number of carbonyl (C=O) groups excluding carboxylic acids is 3. The summed E-state index contributed by atoms with van der Waals surface area (Å²) in [4.78, 5) is 45.4. The number of ketones is 1. The molecule has 0 bridgehead atoms. The third-order valence-electron chi connectivity index (χ3n) is 6.16. The predicted octanol–water partition coefficient (Wildman–Crippen LogP) is 5.53. The lowest BCUT2D eigenvalue weighted by atomic mass is 9.95. The third kappa shape index (κ3) is 5.48. The number of hydrogen-bond donors (Lipinski definition) is 1. The predicted molar refractivity (Wildman–Crippen MR) is 152 cm³/mol. The Labute approximate surface area is 236 Å². The van der Waals surface area contributed by atoms with Crippen molar-refractivity contribution in [2.24, 2.45) is 0 Å². The van der Waals surface area contributed by atoms with E-state index < -0.39 is 23.7 Å². The molecule has 4 rings (SSSR count). The molecule has 1 saturated heterocycles. The molecule has 0 radical (unpaired) electrons. The van der Waals surface area contributed by atoms with Crippen LogP contribution in [0.1, 0.15) is 51.9 Å². The first-order chi connectivity index (χ1) is 19.2. The fourth-order valence-corrected chi connectivity index (χ4v) is 5.30. The molecule has 0 aliphatic carbocycles. The van der Waals surface area contributed by atoms with Crippen molar-refractivity contribution in [1.29, 1.82) is 0 Å². The van der Waals surface area contributed by atoms with Crippen LogP contribution >= 0.6 is 11.3 Å². The van der Waals surface area contributed by atoms with Gasteiger partial charge in [0.2, 0.25) is 0 Å². The number of ether oxygens (including phenoxy) is 3. The van der Waals surface area contributed by atoms with Gasteiger partial charge >= 0.3 is 11.9 Å². The summed E-state index contributed by atoms with van der Waals surface area (Å²) >= 11 is 0.945. The molecule has 1 aromatic heterocycles. The molecule has 9 nitrogen and oxygen atoms in total. The van der Waals surface area contributed by atoms with E-state index in [1.807, 2.05) is 13.8 Å². The second-order valence-corrected chi connectivity index (χ2v) is 9.88. The van der Waals surface area contributed by atoms with Gasteiger partial charge in [0.15, 0.2) is 16.6 Å². The minimum absolute atomic E-state index is 0.110. The number of aliphatic hydroxyl groups excluding tert-OH is 1. The lowest BCUT2D eigenvalue weighted by molar-refractivity contribution is -0.132. The third-order valence-corrected chi connectivity index (χ3v) is 7.30. The Hall–Kier alpha value is -4.44. The standard InChI is InChI=1S/C30H30N2O7S/c1-6-15-39-21-14-13-20(16-22(21)37-7-2)24-23(25(33)19-11-9-17(4)10-12-19)26(34)28(35)32(24)30-31-18(5)27(40-30)29(36)38-8-3/h6,9-14,16,24,33H,1,7-8,15H2,2-5H3/b25-23+. The minimum Gasteiger partial charge on any atom is -0.507 e. The van der Waals surface area contributed by atoms with Crippen molar-refractivity contribution in [3.05, 3.63) is 88.0 Å². The molecule has 0 saturated carbocycles. The fourth-order valence-electron chi connectivity index (χ4n) is 4.31. The molecule has 1 amide bonds. The summed E-state index contributed by atoms with van der Waals surface area (Å²) in [6.07, 6.45) is 1.60. The molecule has 1 atom stereocenters. The molecule has 10 heteroatoms. The molecule has 208 valence electrons. The number of benzene rings is 2. The van der Waals surface area contributed by atoms with Crippen LogP contribution < -0.4 is 14.4 Å². The van der Waals surface area contributed by atoms with E-state index in [9.17, 15) is 19.5 Å². The number of anilines is 1. The second kappa shape index (κ2) is 12.2. The van der Waals surface area contributed by atoms with E-state index in [0.717, 1.165) is 16.9 Å². The van der Waals surface area contributed by atoms with Crippen LogP contribution in [-0.2, 0) is 14.3 Å². The second-order valence-electron chi connectivity index (χ2n) is 8.91. The van der Waals surface area contributed by atoms with Gasteiger partial charge in [0, 0.05) is 5.56 Å². The Morgan fingerprint density at radius 3 is 2.45 bits per heavy atom. The number of amides is 1. The zero-order valence-electron chi connectivity index (χ0n) is 22.7. The van der Waals surface area contributed by atoms with Gasteiger partial charge in [-0.15, -0.1) is 0 Å². The monoisotopic (exact) mass is 562 g/mol. The van der Waals surface area contributed by atoms with Crippen LogP contribution in [0.4, 0.5) is 5.13 Å². The van der Waals surface area contributed by atoms with E-state index in [1.54, 1.807) is 62.4 Å². The van der Waals surface area contributed by atoms with E-state index in [1.165, 1.54) is 4.90 Å². The van der Waals surface area contributed by atoms with Crippen molar-refractivity contribution >= 4 is 39.9 Å². The van der Waals surface area contributed by atoms with Crippen molar-refractivity contribution in [1.82, 2.24) is 4.98 Å². The summed E-state index contributed by atoms with van der Waals surface area (Å²) in [5.74, 6) is -1.80. The van der Waals surface area contributed by atoms with Gasteiger partial charge in [-0.25, -0.2) is 9.78 Å². The number of carbonyl (C=O) groups is 3. The van der Waals surface area contributed by atoms with E-state index in [-0.39, 0.29) is 34.6 Å². The Balaban J connectivity index is 1.93. The highest BCUT2D eigenvalue weighted by atomic mass is 32.1. The number of thiazole rings is 1. The van der Waals surface area contributed by atoms with Crippen LogP contribution in [0, 0.1) is 13.8 Å². The Bertz CT molecular complexity index is 1490. The van der Waals surface area contributed by atoms with Gasteiger partial charge in [-0.05, 0) is 45.4 Å². The minimum atomic E-state index is -1.06. The molecule has 2 heterocycles. The van der Waals surface area contributed by atoms with Gasteiger partial charge in [0.1, 0.15) is 17.2 Å². The van der Waals surface area contributed by atoms with Crippen molar-refractivity contribution < 1.29 is 33.7 Å². The number of rotatable bonds is 10. The zero-order valence-corrected chi connectivity index (χ0v) is 23.5. The number of esters is 1. The Morgan fingerprint density at radius 1 is 1.07 bits per heavy atom. The van der Waals surface area contributed by atoms with E-state index >= 15 is 0 Å². The lowest BCUT2D eigenvalue weighted by Crippen LogP contribution is -2.29. The molecule has 1 unspecified atom stereocenters. The average Bonchev–Trinajstić information content (AvgIpc) is 3.44. The van der Waals surface area contributed by atoms with Gasteiger partial charge in [0.05, 0.1) is 30.5 Å². The molecular weight excluding hydrogens is 532 g/mol. The summed E-state index contributed by atoms with van der Waals surface area (Å²) < 4.78 is 16.7. The summed E-state index contributed by atoms with van der Waals surface area (Å²) in [6.45, 7) is 11.5. The number of aliphatic hydroxyl groups is 1. The van der Waals surface area contributed by atoms with Crippen molar-refractivity contribution in [2.75, 3.05) is 24.7 Å². The molecular formula is C30H30N2O7S. The van der Waals surface area contributed by atoms with Crippen molar-refractivity contribution in [3.63, 3.8) is 0 Å². The van der Waals surface area contributed by atoms with Gasteiger partial charge in [-0.3, -0.25) is 14.5 Å². The number of aromatic nitrogens is 1. The molecule has 40 heavy (non-hydrogen) atoms. The van der Waals surface area contributed by atoms with E-state index in [2.05, 4.69) is 11.6 Å².